The Morgan fingerprint density at radius 2 is 2.27 bits per heavy atom. The van der Waals surface area contributed by atoms with E-state index < -0.39 is 4.92 Å². The molecule has 0 amide bonds. The van der Waals surface area contributed by atoms with Gasteiger partial charge in [0, 0.05) is 12.7 Å². The summed E-state index contributed by atoms with van der Waals surface area (Å²) in [6.07, 6.45) is 0.378. The molecule has 6 heteroatoms. The van der Waals surface area contributed by atoms with Crippen molar-refractivity contribution >= 4 is 21.6 Å². The molecule has 0 heterocycles. The Labute approximate surface area is 95.0 Å². The largest absolute Gasteiger partial charge is 0.489 e. The van der Waals surface area contributed by atoms with Gasteiger partial charge in [-0.05, 0) is 34.0 Å². The van der Waals surface area contributed by atoms with Gasteiger partial charge in [0.1, 0.15) is 0 Å². The molecule has 1 N–H and O–H groups in total. The topological polar surface area (TPSA) is 72.6 Å². The third-order valence-corrected chi connectivity index (χ3v) is 2.47. The first-order chi connectivity index (χ1) is 7.10. The number of rotatable bonds is 4. The van der Waals surface area contributed by atoms with Crippen molar-refractivity contribution in [2.75, 3.05) is 13.7 Å². The van der Waals surface area contributed by atoms with Crippen molar-refractivity contribution in [2.24, 2.45) is 0 Å². The van der Waals surface area contributed by atoms with Crippen LogP contribution in [0.4, 0.5) is 5.69 Å². The van der Waals surface area contributed by atoms with Gasteiger partial charge < -0.3 is 9.84 Å². The molecule has 1 aromatic rings. The number of hydrogen-bond acceptors (Lipinski definition) is 4. The highest BCUT2D eigenvalue weighted by atomic mass is 79.9. The third kappa shape index (κ3) is 2.66. The molecule has 15 heavy (non-hydrogen) atoms. The fourth-order valence-electron chi connectivity index (χ4n) is 1.24. The van der Waals surface area contributed by atoms with E-state index in [2.05, 4.69) is 15.9 Å². The summed E-state index contributed by atoms with van der Waals surface area (Å²) in [7, 11) is 1.37. The third-order valence-electron chi connectivity index (χ3n) is 1.89. The predicted molar refractivity (Wildman–Crippen MR) is 58.1 cm³/mol. The average Bonchev–Trinajstić information content (AvgIpc) is 2.17. The van der Waals surface area contributed by atoms with E-state index in [-0.39, 0.29) is 18.0 Å². The molecule has 1 aromatic carbocycles. The van der Waals surface area contributed by atoms with Crippen LogP contribution in [-0.2, 0) is 6.42 Å². The molecule has 0 aliphatic rings. The molecule has 0 bridgehead atoms. The maximum Gasteiger partial charge on any atom is 0.312 e. The normalized spacial score (nSPS) is 10.1. The monoisotopic (exact) mass is 275 g/mol. The summed E-state index contributed by atoms with van der Waals surface area (Å²) in [4.78, 5) is 10.2. The molecular weight excluding hydrogens is 266 g/mol. The van der Waals surface area contributed by atoms with Crippen molar-refractivity contribution in [3.8, 4) is 5.75 Å². The van der Waals surface area contributed by atoms with Crippen LogP contribution in [0.15, 0.2) is 16.6 Å². The molecule has 0 fully saturated rings. The van der Waals surface area contributed by atoms with E-state index in [0.29, 0.717) is 16.5 Å². The van der Waals surface area contributed by atoms with Crippen LogP contribution in [0.1, 0.15) is 5.56 Å². The van der Waals surface area contributed by atoms with Gasteiger partial charge in [-0.2, -0.15) is 0 Å². The molecule has 0 saturated heterocycles. The van der Waals surface area contributed by atoms with Crippen LogP contribution < -0.4 is 4.74 Å². The number of nitrogens with zero attached hydrogens (tertiary/aromatic N) is 1. The fourth-order valence-corrected chi connectivity index (χ4v) is 1.90. The average molecular weight is 276 g/mol. The van der Waals surface area contributed by atoms with Gasteiger partial charge in [0.05, 0.1) is 16.5 Å². The molecule has 0 spiro atoms. The minimum atomic E-state index is -0.509. The van der Waals surface area contributed by atoms with Crippen molar-refractivity contribution in [1.82, 2.24) is 0 Å². The number of methoxy groups -OCH3 is 1. The maximum absolute atomic E-state index is 10.7. The summed E-state index contributed by atoms with van der Waals surface area (Å²) < 4.78 is 5.44. The van der Waals surface area contributed by atoms with Gasteiger partial charge in [-0.3, -0.25) is 10.1 Å². The second kappa shape index (κ2) is 5.09. The Morgan fingerprint density at radius 3 is 2.73 bits per heavy atom. The van der Waals surface area contributed by atoms with Gasteiger partial charge in [-0.15, -0.1) is 0 Å². The van der Waals surface area contributed by atoms with E-state index in [0.717, 1.165) is 0 Å². The van der Waals surface area contributed by atoms with Crippen LogP contribution in [-0.4, -0.2) is 23.7 Å². The molecule has 1 rings (SSSR count). The van der Waals surface area contributed by atoms with Gasteiger partial charge in [-0.25, -0.2) is 0 Å². The summed E-state index contributed by atoms with van der Waals surface area (Å²) >= 11 is 3.19. The molecule has 82 valence electrons. The summed E-state index contributed by atoms with van der Waals surface area (Å²) in [5, 5.41) is 19.5. The van der Waals surface area contributed by atoms with Crippen LogP contribution >= 0.6 is 15.9 Å². The Balaban J connectivity index is 3.25. The first-order valence-corrected chi connectivity index (χ1v) is 5.01. The van der Waals surface area contributed by atoms with Crippen LogP contribution in [0, 0.1) is 10.1 Å². The second-order valence-corrected chi connectivity index (χ2v) is 3.72. The molecule has 5 nitrogen and oxygen atoms in total. The minimum absolute atomic E-state index is 0.0457. The molecule has 0 atom stereocenters. The zero-order chi connectivity index (χ0) is 11.4. The Kier molecular flexibility index (Phi) is 4.05. The van der Waals surface area contributed by atoms with Crippen molar-refractivity contribution in [3.63, 3.8) is 0 Å². The molecule has 0 radical (unpaired) electrons. The van der Waals surface area contributed by atoms with Crippen molar-refractivity contribution in [1.29, 1.82) is 0 Å². The van der Waals surface area contributed by atoms with E-state index in [4.69, 9.17) is 9.84 Å². The van der Waals surface area contributed by atoms with Gasteiger partial charge in [0.25, 0.3) is 0 Å². The zero-order valence-electron chi connectivity index (χ0n) is 8.07. The quantitative estimate of drug-likeness (QED) is 0.673. The molecule has 0 aliphatic carbocycles. The standard InChI is InChI=1S/C9H10BrNO4/c1-15-9-7(10)4-6(2-3-12)5-8(9)11(13)14/h4-5,12H,2-3H2,1H3. The lowest BCUT2D eigenvalue weighted by Crippen LogP contribution is -1.98. The Bertz CT molecular complexity index is 381. The predicted octanol–water partition coefficient (Wildman–Crippen LogP) is 1.90. The lowest BCUT2D eigenvalue weighted by atomic mass is 10.1. The number of aliphatic hydroxyl groups is 1. The highest BCUT2D eigenvalue weighted by Gasteiger charge is 2.19. The number of nitro benzene ring substituents is 1. The van der Waals surface area contributed by atoms with Crippen LogP contribution in [0.3, 0.4) is 0 Å². The Morgan fingerprint density at radius 1 is 1.60 bits per heavy atom. The van der Waals surface area contributed by atoms with Crippen LogP contribution in [0.25, 0.3) is 0 Å². The summed E-state index contributed by atoms with van der Waals surface area (Å²) in [6.45, 7) is -0.0457. The molecule has 0 unspecified atom stereocenters. The lowest BCUT2D eigenvalue weighted by molar-refractivity contribution is -0.385. The summed E-state index contributed by atoms with van der Waals surface area (Å²) in [5.41, 5.74) is 0.590. The van der Waals surface area contributed by atoms with E-state index >= 15 is 0 Å². The van der Waals surface area contributed by atoms with E-state index in [1.54, 1.807) is 6.07 Å². The summed E-state index contributed by atoms with van der Waals surface area (Å²) in [6, 6.07) is 3.10. The minimum Gasteiger partial charge on any atom is -0.489 e. The number of ether oxygens (including phenoxy) is 1. The fraction of sp³-hybridized carbons (Fsp3) is 0.333. The van der Waals surface area contributed by atoms with Gasteiger partial charge in [0.2, 0.25) is 5.75 Å². The van der Waals surface area contributed by atoms with Gasteiger partial charge >= 0.3 is 5.69 Å². The number of halogens is 1. The lowest BCUT2D eigenvalue weighted by Gasteiger charge is -2.06. The van der Waals surface area contributed by atoms with Crippen molar-refractivity contribution < 1.29 is 14.8 Å². The first-order valence-electron chi connectivity index (χ1n) is 4.21. The highest BCUT2D eigenvalue weighted by Crippen LogP contribution is 2.36. The van der Waals surface area contributed by atoms with Crippen molar-refractivity contribution in [2.45, 2.75) is 6.42 Å². The second-order valence-electron chi connectivity index (χ2n) is 2.86. The maximum atomic E-state index is 10.7. The highest BCUT2D eigenvalue weighted by molar-refractivity contribution is 9.10. The number of nitro groups is 1. The van der Waals surface area contributed by atoms with E-state index in [1.807, 2.05) is 0 Å². The molecular formula is C9H10BrNO4. The van der Waals surface area contributed by atoms with E-state index in [1.165, 1.54) is 13.2 Å². The Hall–Kier alpha value is -1.14. The molecule has 0 aromatic heterocycles. The number of hydrogen-bond donors (Lipinski definition) is 1. The molecule has 0 aliphatic heterocycles. The van der Waals surface area contributed by atoms with Gasteiger partial charge in [0.15, 0.2) is 0 Å². The van der Waals surface area contributed by atoms with Crippen molar-refractivity contribution in [3.05, 3.63) is 32.3 Å². The number of benzene rings is 1. The zero-order valence-corrected chi connectivity index (χ0v) is 9.65. The number of aliphatic hydroxyl groups excluding tert-OH is 1. The van der Waals surface area contributed by atoms with E-state index in [9.17, 15) is 10.1 Å². The SMILES string of the molecule is COc1c(Br)cc(CCO)cc1[N+](=O)[O-]. The molecule has 0 saturated carbocycles. The van der Waals surface area contributed by atoms with Crippen LogP contribution in [0.2, 0.25) is 0 Å². The smallest absolute Gasteiger partial charge is 0.312 e. The van der Waals surface area contributed by atoms with Crippen LogP contribution in [0.5, 0.6) is 5.75 Å². The summed E-state index contributed by atoms with van der Waals surface area (Å²) in [5.74, 6) is 0.196. The first kappa shape index (κ1) is 11.9. The van der Waals surface area contributed by atoms with Gasteiger partial charge in [-0.1, -0.05) is 0 Å².